The summed E-state index contributed by atoms with van der Waals surface area (Å²) < 4.78 is 0. The molecule has 2 aromatic rings. The largest absolute Gasteiger partial charge is 0.320 e. The van der Waals surface area contributed by atoms with Crippen molar-refractivity contribution in [1.29, 1.82) is 0 Å². The zero-order chi connectivity index (χ0) is 16.1. The van der Waals surface area contributed by atoms with Crippen molar-refractivity contribution in [3.05, 3.63) is 51.9 Å². The molecule has 1 unspecified atom stereocenters. The highest BCUT2D eigenvalue weighted by atomic mass is 32.2. The molecule has 6 heteroatoms. The molecular weight excluding hydrogens is 298 g/mol. The van der Waals surface area contributed by atoms with Gasteiger partial charge in [0.25, 0.3) is 11.5 Å². The average Bonchev–Trinajstić information content (AvgIpc) is 2.50. The van der Waals surface area contributed by atoms with E-state index in [4.69, 9.17) is 0 Å². The molecule has 0 fully saturated rings. The second-order valence-corrected chi connectivity index (χ2v) is 6.59. The predicted octanol–water partition coefficient (Wildman–Crippen LogP) is 3.22. The zero-order valence-electron chi connectivity index (χ0n) is 12.8. The highest BCUT2D eigenvalue weighted by Crippen LogP contribution is 2.28. The Morgan fingerprint density at radius 2 is 2.14 bits per heavy atom. The standard InChI is InChI=1S/C16H19N3O2S/c1-4-11(3)22-12-5-6-13(10(2)9-12)17-16(21)14-7-8-15(20)19-18-14/h5-9,11H,4H2,1-3H3,(H,17,21)(H,19,20). The van der Waals surface area contributed by atoms with Gasteiger partial charge in [-0.05, 0) is 43.2 Å². The lowest BCUT2D eigenvalue weighted by Gasteiger charge is -2.12. The first-order valence-corrected chi connectivity index (χ1v) is 8.02. The second-order valence-electron chi connectivity index (χ2n) is 5.07. The number of carbonyl (C=O) groups excluding carboxylic acids is 1. The van der Waals surface area contributed by atoms with E-state index in [0.717, 1.165) is 17.7 Å². The average molecular weight is 317 g/mol. The van der Waals surface area contributed by atoms with Crippen LogP contribution in [0.3, 0.4) is 0 Å². The molecule has 0 radical (unpaired) electrons. The summed E-state index contributed by atoms with van der Waals surface area (Å²) >= 11 is 1.82. The van der Waals surface area contributed by atoms with E-state index >= 15 is 0 Å². The summed E-state index contributed by atoms with van der Waals surface area (Å²) in [7, 11) is 0. The molecule has 0 saturated carbocycles. The fraction of sp³-hybridized carbons (Fsp3) is 0.312. The zero-order valence-corrected chi connectivity index (χ0v) is 13.7. The number of aryl methyl sites for hydroxylation is 1. The van der Waals surface area contributed by atoms with Crippen molar-refractivity contribution >= 4 is 23.4 Å². The fourth-order valence-corrected chi connectivity index (χ4v) is 2.85. The van der Waals surface area contributed by atoms with Crippen LogP contribution in [0.5, 0.6) is 0 Å². The molecule has 2 N–H and O–H groups in total. The minimum absolute atomic E-state index is 0.178. The molecule has 22 heavy (non-hydrogen) atoms. The fourth-order valence-electron chi connectivity index (χ4n) is 1.82. The van der Waals surface area contributed by atoms with Gasteiger partial charge in [-0.2, -0.15) is 5.10 Å². The van der Waals surface area contributed by atoms with Gasteiger partial charge in [0.2, 0.25) is 0 Å². The van der Waals surface area contributed by atoms with Crippen LogP contribution in [0.25, 0.3) is 0 Å². The summed E-state index contributed by atoms with van der Waals surface area (Å²) in [5.74, 6) is -0.346. The SMILES string of the molecule is CCC(C)Sc1ccc(NC(=O)c2ccc(=O)[nH]n2)c(C)c1. The third-order valence-electron chi connectivity index (χ3n) is 3.27. The van der Waals surface area contributed by atoms with Crippen LogP contribution >= 0.6 is 11.8 Å². The van der Waals surface area contributed by atoms with Crippen molar-refractivity contribution in [1.82, 2.24) is 10.2 Å². The van der Waals surface area contributed by atoms with E-state index in [1.807, 2.05) is 30.8 Å². The molecule has 0 aliphatic carbocycles. The van der Waals surface area contributed by atoms with Crippen LogP contribution < -0.4 is 10.9 Å². The lowest BCUT2D eigenvalue weighted by molar-refractivity contribution is 0.102. The summed E-state index contributed by atoms with van der Waals surface area (Å²) in [6.07, 6.45) is 1.11. The van der Waals surface area contributed by atoms with E-state index in [2.05, 4.69) is 35.4 Å². The lowest BCUT2D eigenvalue weighted by Crippen LogP contribution is -2.18. The van der Waals surface area contributed by atoms with Crippen LogP contribution in [-0.4, -0.2) is 21.4 Å². The molecule has 0 aliphatic rings. The topological polar surface area (TPSA) is 74.8 Å². The quantitative estimate of drug-likeness (QED) is 0.830. The molecule has 116 valence electrons. The highest BCUT2D eigenvalue weighted by Gasteiger charge is 2.10. The Balaban J connectivity index is 2.11. The summed E-state index contributed by atoms with van der Waals surface area (Å²) in [5, 5.41) is 9.34. The van der Waals surface area contributed by atoms with Crippen molar-refractivity contribution in [2.75, 3.05) is 5.32 Å². The minimum atomic E-state index is -0.346. The number of rotatable bonds is 5. The van der Waals surface area contributed by atoms with Gasteiger partial charge in [-0.3, -0.25) is 9.59 Å². The number of nitrogens with zero attached hydrogens (tertiary/aromatic N) is 1. The molecule has 0 spiro atoms. The number of thioether (sulfide) groups is 1. The molecule has 2 rings (SSSR count). The minimum Gasteiger partial charge on any atom is -0.320 e. The van der Waals surface area contributed by atoms with Crippen molar-refractivity contribution in [2.45, 2.75) is 37.3 Å². The Morgan fingerprint density at radius 1 is 1.36 bits per heavy atom. The Labute approximate surface area is 133 Å². The summed E-state index contributed by atoms with van der Waals surface area (Å²) in [4.78, 5) is 24.2. The van der Waals surface area contributed by atoms with Crippen molar-refractivity contribution < 1.29 is 4.79 Å². The van der Waals surface area contributed by atoms with Crippen LogP contribution in [0, 0.1) is 6.92 Å². The number of hydrogen-bond acceptors (Lipinski definition) is 4. The molecule has 0 saturated heterocycles. The number of amides is 1. The van der Waals surface area contributed by atoms with E-state index in [9.17, 15) is 9.59 Å². The van der Waals surface area contributed by atoms with Gasteiger partial charge in [-0.15, -0.1) is 11.8 Å². The highest BCUT2D eigenvalue weighted by molar-refractivity contribution is 7.99. The third-order valence-corrected chi connectivity index (χ3v) is 4.53. The molecule has 1 atom stereocenters. The van der Waals surface area contributed by atoms with Gasteiger partial charge in [-0.1, -0.05) is 13.8 Å². The monoisotopic (exact) mass is 317 g/mol. The number of H-pyrrole nitrogens is 1. The predicted molar refractivity (Wildman–Crippen MR) is 89.6 cm³/mol. The van der Waals surface area contributed by atoms with Crippen molar-refractivity contribution in [2.24, 2.45) is 0 Å². The Hall–Kier alpha value is -2.08. The van der Waals surface area contributed by atoms with Crippen molar-refractivity contribution in [3.63, 3.8) is 0 Å². The molecule has 0 aliphatic heterocycles. The molecule has 1 aromatic carbocycles. The van der Waals surface area contributed by atoms with Gasteiger partial charge in [0, 0.05) is 21.9 Å². The third kappa shape index (κ3) is 4.21. The maximum Gasteiger partial charge on any atom is 0.276 e. The maximum absolute atomic E-state index is 12.1. The second kappa shape index (κ2) is 7.26. The van der Waals surface area contributed by atoms with Gasteiger partial charge < -0.3 is 5.32 Å². The van der Waals surface area contributed by atoms with E-state index in [-0.39, 0.29) is 17.2 Å². The molecule has 1 amide bonds. The van der Waals surface area contributed by atoms with E-state index in [1.54, 1.807) is 0 Å². The molecule has 1 heterocycles. The molecule has 5 nitrogen and oxygen atoms in total. The van der Waals surface area contributed by atoms with E-state index < -0.39 is 0 Å². The van der Waals surface area contributed by atoms with Gasteiger partial charge in [0.15, 0.2) is 0 Å². The van der Waals surface area contributed by atoms with Crippen molar-refractivity contribution in [3.8, 4) is 0 Å². The lowest BCUT2D eigenvalue weighted by atomic mass is 10.2. The Kier molecular flexibility index (Phi) is 5.38. The van der Waals surface area contributed by atoms with Crippen LogP contribution in [0.2, 0.25) is 0 Å². The number of anilines is 1. The number of hydrogen-bond donors (Lipinski definition) is 2. The first-order chi connectivity index (χ1) is 10.5. The molecule has 1 aromatic heterocycles. The van der Waals surface area contributed by atoms with Gasteiger partial charge in [0.05, 0.1) is 0 Å². The maximum atomic E-state index is 12.1. The van der Waals surface area contributed by atoms with Gasteiger partial charge in [0.1, 0.15) is 5.69 Å². The molecule has 0 bridgehead atoms. The van der Waals surface area contributed by atoms with Crippen LogP contribution in [0.1, 0.15) is 36.3 Å². The summed E-state index contributed by atoms with van der Waals surface area (Å²) in [6.45, 7) is 6.31. The van der Waals surface area contributed by atoms with Crippen LogP contribution in [0.15, 0.2) is 40.0 Å². The Bertz CT molecular complexity index is 707. The van der Waals surface area contributed by atoms with Crippen LogP contribution in [0.4, 0.5) is 5.69 Å². The van der Waals surface area contributed by atoms with Gasteiger partial charge >= 0.3 is 0 Å². The number of aromatic nitrogens is 2. The number of benzene rings is 1. The molecular formula is C16H19N3O2S. The number of aromatic amines is 1. The number of nitrogens with one attached hydrogen (secondary N) is 2. The Morgan fingerprint density at radius 3 is 2.73 bits per heavy atom. The van der Waals surface area contributed by atoms with E-state index in [1.165, 1.54) is 17.0 Å². The first-order valence-electron chi connectivity index (χ1n) is 7.14. The van der Waals surface area contributed by atoms with E-state index in [0.29, 0.717) is 5.25 Å². The summed E-state index contributed by atoms with van der Waals surface area (Å²) in [6, 6.07) is 8.63. The van der Waals surface area contributed by atoms with Crippen LogP contribution in [-0.2, 0) is 0 Å². The van der Waals surface area contributed by atoms with Gasteiger partial charge in [-0.25, -0.2) is 5.10 Å². The first kappa shape index (κ1) is 16.3. The summed E-state index contributed by atoms with van der Waals surface area (Å²) in [5.41, 5.74) is 1.58. The smallest absolute Gasteiger partial charge is 0.276 e. The number of carbonyl (C=O) groups is 1. The normalized spacial score (nSPS) is 12.0.